The molecule has 0 saturated carbocycles. The lowest BCUT2D eigenvalue weighted by atomic mass is 10.1. The molecule has 3 heterocycles. The Bertz CT molecular complexity index is 2190. The number of fused-ring (bicyclic) bond motifs is 2. The number of H-pyrrole nitrogens is 1. The standard InChI is InChI=1S/C36H32N8O3/c1-2-3-6-25-22-33(44(43-25)26-10-12-27(45)13-11-26)41-36(46)40-31-15-16-32(29-8-5-4-7-28(29)31)47-34-18-20-38-35(42-34)39-24-9-14-30-23(21-24)17-19-37-30/h4-5,7-22,37,45H,2-3,6H2,1H3,(H,38,39,42)(H2,40,41,46). The number of nitrogens with zero attached hydrogens (tertiary/aromatic N) is 4. The monoisotopic (exact) mass is 624 g/mol. The van der Waals surface area contributed by atoms with E-state index in [0.717, 1.165) is 58.0 Å². The third-order valence-corrected chi connectivity index (χ3v) is 7.67. The van der Waals surface area contributed by atoms with Crippen LogP contribution in [0.4, 0.5) is 27.9 Å². The number of urea groups is 1. The van der Waals surface area contributed by atoms with Gasteiger partial charge in [0.05, 0.1) is 17.1 Å². The van der Waals surface area contributed by atoms with Crippen LogP contribution in [0.15, 0.2) is 109 Å². The number of ether oxygens (including phenoxy) is 1. The van der Waals surface area contributed by atoms with Gasteiger partial charge in [-0.15, -0.1) is 0 Å². The van der Waals surface area contributed by atoms with Gasteiger partial charge in [-0.2, -0.15) is 10.1 Å². The molecule has 0 radical (unpaired) electrons. The second-order valence-electron chi connectivity index (χ2n) is 11.0. The molecule has 0 spiro atoms. The molecule has 0 aliphatic heterocycles. The molecule has 234 valence electrons. The fraction of sp³-hybridized carbons (Fsp3) is 0.111. The number of aryl methyl sites for hydroxylation is 1. The van der Waals surface area contributed by atoms with Crippen molar-refractivity contribution in [3.05, 3.63) is 115 Å². The lowest BCUT2D eigenvalue weighted by Gasteiger charge is -2.14. The van der Waals surface area contributed by atoms with Crippen molar-refractivity contribution in [2.24, 2.45) is 0 Å². The number of amides is 2. The highest BCUT2D eigenvalue weighted by atomic mass is 16.5. The van der Waals surface area contributed by atoms with E-state index in [9.17, 15) is 9.90 Å². The third-order valence-electron chi connectivity index (χ3n) is 7.67. The Kier molecular flexibility index (Phi) is 8.08. The maximum Gasteiger partial charge on any atom is 0.324 e. The van der Waals surface area contributed by atoms with Crippen molar-refractivity contribution in [2.45, 2.75) is 26.2 Å². The van der Waals surface area contributed by atoms with Gasteiger partial charge in [-0.3, -0.25) is 5.32 Å². The molecule has 3 aromatic heterocycles. The third kappa shape index (κ3) is 6.54. The van der Waals surface area contributed by atoms with Crippen LogP contribution in [0, 0.1) is 0 Å². The first-order valence-corrected chi connectivity index (χ1v) is 15.4. The maximum atomic E-state index is 13.3. The summed E-state index contributed by atoms with van der Waals surface area (Å²) in [6.07, 6.45) is 6.34. The normalized spacial score (nSPS) is 11.1. The number of aromatic nitrogens is 5. The smallest absolute Gasteiger partial charge is 0.324 e. The molecule has 7 aromatic rings. The molecule has 11 nitrogen and oxygen atoms in total. The Morgan fingerprint density at radius 1 is 0.936 bits per heavy atom. The molecule has 5 N–H and O–H groups in total. The number of unbranched alkanes of at least 4 members (excludes halogenated alkanes) is 1. The summed E-state index contributed by atoms with van der Waals surface area (Å²) < 4.78 is 7.91. The Morgan fingerprint density at radius 3 is 2.64 bits per heavy atom. The van der Waals surface area contributed by atoms with E-state index in [2.05, 4.69) is 37.8 Å². The zero-order chi connectivity index (χ0) is 32.2. The number of phenolic OH excluding ortho intramolecular Hbond substituents is 1. The van der Waals surface area contributed by atoms with E-state index in [4.69, 9.17) is 9.84 Å². The summed E-state index contributed by atoms with van der Waals surface area (Å²) in [4.78, 5) is 25.4. The van der Waals surface area contributed by atoms with Gasteiger partial charge in [0.2, 0.25) is 11.8 Å². The van der Waals surface area contributed by atoms with Gasteiger partial charge in [-0.05, 0) is 73.5 Å². The fourth-order valence-electron chi connectivity index (χ4n) is 5.36. The lowest BCUT2D eigenvalue weighted by Crippen LogP contribution is -2.21. The second kappa shape index (κ2) is 12.9. The van der Waals surface area contributed by atoms with Crippen LogP contribution in [-0.2, 0) is 6.42 Å². The molecule has 0 atom stereocenters. The minimum atomic E-state index is -0.421. The predicted octanol–water partition coefficient (Wildman–Crippen LogP) is 8.52. The molecule has 0 aliphatic carbocycles. The Balaban J connectivity index is 1.10. The van der Waals surface area contributed by atoms with Gasteiger partial charge in [0.15, 0.2) is 0 Å². The van der Waals surface area contributed by atoms with Crippen molar-refractivity contribution >= 4 is 50.8 Å². The van der Waals surface area contributed by atoms with E-state index >= 15 is 0 Å². The number of anilines is 4. The summed E-state index contributed by atoms with van der Waals surface area (Å²) >= 11 is 0. The minimum Gasteiger partial charge on any atom is -0.508 e. The first-order valence-electron chi connectivity index (χ1n) is 15.4. The summed E-state index contributed by atoms with van der Waals surface area (Å²) in [5.41, 5.74) is 4.10. The quantitative estimate of drug-likeness (QED) is 0.103. The molecule has 2 amide bonds. The number of nitrogens with one attached hydrogen (secondary N) is 4. The predicted molar refractivity (Wildman–Crippen MR) is 184 cm³/mol. The zero-order valence-electron chi connectivity index (χ0n) is 25.6. The zero-order valence-corrected chi connectivity index (χ0v) is 25.6. The van der Waals surface area contributed by atoms with Gasteiger partial charge in [0.1, 0.15) is 17.3 Å². The van der Waals surface area contributed by atoms with E-state index in [0.29, 0.717) is 29.1 Å². The van der Waals surface area contributed by atoms with E-state index in [1.165, 1.54) is 0 Å². The average Bonchev–Trinajstić information content (AvgIpc) is 3.72. The van der Waals surface area contributed by atoms with Gasteiger partial charge < -0.3 is 25.5 Å². The number of benzene rings is 4. The summed E-state index contributed by atoms with van der Waals surface area (Å²) in [5.74, 6) is 2.03. The number of hydrogen-bond donors (Lipinski definition) is 5. The number of hydrogen-bond acceptors (Lipinski definition) is 7. The molecule has 0 fully saturated rings. The summed E-state index contributed by atoms with van der Waals surface area (Å²) in [5, 5.41) is 26.3. The molecule has 11 heteroatoms. The van der Waals surface area contributed by atoms with Crippen LogP contribution in [0.2, 0.25) is 0 Å². The molecule has 47 heavy (non-hydrogen) atoms. The topological polar surface area (TPSA) is 142 Å². The highest BCUT2D eigenvalue weighted by Crippen LogP contribution is 2.34. The van der Waals surface area contributed by atoms with Crippen molar-refractivity contribution in [3.63, 3.8) is 0 Å². The fourth-order valence-corrected chi connectivity index (χ4v) is 5.36. The molecule has 0 unspecified atom stereocenters. The first-order chi connectivity index (χ1) is 23.0. The minimum absolute atomic E-state index is 0.154. The molecule has 0 bridgehead atoms. The van der Waals surface area contributed by atoms with Crippen LogP contribution >= 0.6 is 0 Å². The number of carbonyl (C=O) groups excluding carboxylic acids is 1. The van der Waals surface area contributed by atoms with Crippen molar-refractivity contribution in [3.8, 4) is 23.1 Å². The summed E-state index contributed by atoms with van der Waals surface area (Å²) in [6, 6.07) is 29.1. The van der Waals surface area contributed by atoms with Crippen molar-refractivity contribution in [2.75, 3.05) is 16.0 Å². The van der Waals surface area contributed by atoms with Crippen LogP contribution < -0.4 is 20.7 Å². The van der Waals surface area contributed by atoms with E-state index in [1.54, 1.807) is 53.3 Å². The summed E-state index contributed by atoms with van der Waals surface area (Å²) in [6.45, 7) is 2.12. The number of phenols is 1. The van der Waals surface area contributed by atoms with Gasteiger partial charge in [-0.1, -0.05) is 37.6 Å². The van der Waals surface area contributed by atoms with Crippen molar-refractivity contribution in [1.29, 1.82) is 0 Å². The molecule has 0 saturated heterocycles. The number of aromatic hydroxyl groups is 1. The highest BCUT2D eigenvalue weighted by molar-refractivity contribution is 6.07. The largest absolute Gasteiger partial charge is 0.508 e. The summed E-state index contributed by atoms with van der Waals surface area (Å²) in [7, 11) is 0. The first kappa shape index (κ1) is 29.4. The number of aromatic amines is 1. The Morgan fingerprint density at radius 2 is 1.79 bits per heavy atom. The van der Waals surface area contributed by atoms with Crippen LogP contribution in [0.5, 0.6) is 17.4 Å². The SMILES string of the molecule is CCCCc1cc(NC(=O)Nc2ccc(Oc3ccnc(Nc4ccc5[nH]ccc5c4)n3)c3ccccc23)n(-c2ccc(O)cc2)n1. The second-order valence-corrected chi connectivity index (χ2v) is 11.0. The van der Waals surface area contributed by atoms with E-state index in [-0.39, 0.29) is 5.75 Å². The Labute approximate surface area is 270 Å². The molecule has 7 rings (SSSR count). The molecule has 0 aliphatic rings. The van der Waals surface area contributed by atoms with Crippen LogP contribution in [0.25, 0.3) is 27.4 Å². The lowest BCUT2D eigenvalue weighted by molar-refractivity contribution is 0.262. The molecular formula is C36H32N8O3. The van der Waals surface area contributed by atoms with Crippen LogP contribution in [-0.4, -0.2) is 35.9 Å². The number of rotatable bonds is 10. The van der Waals surface area contributed by atoms with Crippen molar-refractivity contribution < 1.29 is 14.6 Å². The van der Waals surface area contributed by atoms with Gasteiger partial charge in [-0.25, -0.2) is 14.5 Å². The van der Waals surface area contributed by atoms with Gasteiger partial charge in [0, 0.05) is 51.9 Å². The molecular weight excluding hydrogens is 592 g/mol. The van der Waals surface area contributed by atoms with Gasteiger partial charge >= 0.3 is 6.03 Å². The van der Waals surface area contributed by atoms with Crippen molar-refractivity contribution in [1.82, 2.24) is 24.7 Å². The maximum absolute atomic E-state index is 13.3. The van der Waals surface area contributed by atoms with Gasteiger partial charge in [0.25, 0.3) is 0 Å². The van der Waals surface area contributed by atoms with E-state index < -0.39 is 6.03 Å². The number of carbonyl (C=O) groups is 1. The van der Waals surface area contributed by atoms with Crippen LogP contribution in [0.3, 0.4) is 0 Å². The Hall–Kier alpha value is -6.36. The van der Waals surface area contributed by atoms with E-state index in [1.807, 2.05) is 60.8 Å². The van der Waals surface area contributed by atoms with Crippen LogP contribution in [0.1, 0.15) is 25.5 Å². The molecule has 4 aromatic carbocycles. The average molecular weight is 625 g/mol. The highest BCUT2D eigenvalue weighted by Gasteiger charge is 2.15.